The Balaban J connectivity index is 1.70. The van der Waals surface area contributed by atoms with Crippen LogP contribution in [0.15, 0.2) is 59.9 Å². The lowest BCUT2D eigenvalue weighted by molar-refractivity contribution is 0.101. The number of sulfonamides is 1. The van der Waals surface area contributed by atoms with Crippen molar-refractivity contribution in [1.82, 2.24) is 24.7 Å². The standard InChI is InChI=1S/C16H15N5O3S/c1-12(22)13-2-4-16(5-3-13)25(23,24)18-10-14-11-21(20-19-14)15-6-8-17-9-7-15/h2-9,11,18H,10H2,1H3. The molecular weight excluding hydrogens is 342 g/mol. The zero-order chi connectivity index (χ0) is 17.9. The minimum atomic E-state index is -3.70. The van der Waals surface area contributed by atoms with E-state index in [-0.39, 0.29) is 17.2 Å². The predicted octanol–water partition coefficient (Wildman–Crippen LogP) is 1.34. The van der Waals surface area contributed by atoms with Gasteiger partial charge in [-0.1, -0.05) is 17.3 Å². The lowest BCUT2D eigenvalue weighted by Crippen LogP contribution is -2.23. The number of Topliss-reactive ketones (excluding diaryl/α,β-unsaturated/α-hetero) is 1. The van der Waals surface area contributed by atoms with Crippen LogP contribution in [-0.4, -0.2) is 34.2 Å². The van der Waals surface area contributed by atoms with Gasteiger partial charge in [-0.15, -0.1) is 5.10 Å². The van der Waals surface area contributed by atoms with Gasteiger partial charge in [0.15, 0.2) is 5.78 Å². The van der Waals surface area contributed by atoms with Crippen LogP contribution in [-0.2, 0) is 16.6 Å². The predicted molar refractivity (Wildman–Crippen MR) is 89.6 cm³/mol. The molecule has 3 rings (SSSR count). The molecule has 8 nitrogen and oxygen atoms in total. The van der Waals surface area contributed by atoms with Crippen molar-refractivity contribution >= 4 is 15.8 Å². The van der Waals surface area contributed by atoms with Gasteiger partial charge in [0.2, 0.25) is 10.0 Å². The molecule has 0 atom stereocenters. The molecule has 0 saturated carbocycles. The number of hydrogen-bond donors (Lipinski definition) is 1. The Morgan fingerprint density at radius 3 is 2.44 bits per heavy atom. The van der Waals surface area contributed by atoms with Crippen LogP contribution in [0.4, 0.5) is 0 Å². The van der Waals surface area contributed by atoms with Crippen LogP contribution in [0, 0.1) is 0 Å². The van der Waals surface area contributed by atoms with Crippen molar-refractivity contribution in [2.24, 2.45) is 0 Å². The van der Waals surface area contributed by atoms with Gasteiger partial charge in [-0.25, -0.2) is 17.8 Å². The van der Waals surface area contributed by atoms with E-state index in [0.29, 0.717) is 11.3 Å². The Labute approximate surface area is 144 Å². The van der Waals surface area contributed by atoms with Gasteiger partial charge in [-0.2, -0.15) is 0 Å². The summed E-state index contributed by atoms with van der Waals surface area (Å²) in [6, 6.07) is 9.28. The van der Waals surface area contributed by atoms with E-state index >= 15 is 0 Å². The third kappa shape index (κ3) is 3.95. The fraction of sp³-hybridized carbons (Fsp3) is 0.125. The Kier molecular flexibility index (Phi) is 4.68. The molecule has 0 aliphatic carbocycles. The first kappa shape index (κ1) is 16.9. The van der Waals surface area contributed by atoms with E-state index in [1.807, 2.05) is 0 Å². The zero-order valence-electron chi connectivity index (χ0n) is 13.3. The van der Waals surface area contributed by atoms with Crippen molar-refractivity contribution in [2.45, 2.75) is 18.4 Å². The molecule has 128 valence electrons. The molecule has 1 aromatic carbocycles. The summed E-state index contributed by atoms with van der Waals surface area (Å²) in [4.78, 5) is 15.3. The highest BCUT2D eigenvalue weighted by Crippen LogP contribution is 2.12. The minimum Gasteiger partial charge on any atom is -0.295 e. The molecule has 0 amide bonds. The topological polar surface area (TPSA) is 107 Å². The number of carbonyl (C=O) groups excluding carboxylic acids is 1. The molecule has 0 bridgehead atoms. The fourth-order valence-corrected chi connectivity index (χ4v) is 3.12. The Bertz CT molecular complexity index is 982. The van der Waals surface area contributed by atoms with E-state index in [1.54, 1.807) is 30.7 Å². The zero-order valence-corrected chi connectivity index (χ0v) is 14.1. The maximum Gasteiger partial charge on any atom is 0.240 e. The first-order chi connectivity index (χ1) is 12.0. The number of aromatic nitrogens is 4. The third-order valence-corrected chi connectivity index (χ3v) is 4.90. The van der Waals surface area contributed by atoms with Crippen molar-refractivity contribution in [3.63, 3.8) is 0 Å². The van der Waals surface area contributed by atoms with Gasteiger partial charge in [0.25, 0.3) is 0 Å². The first-order valence-corrected chi connectivity index (χ1v) is 8.86. The molecule has 2 aromatic heterocycles. The second kappa shape index (κ2) is 6.91. The van der Waals surface area contributed by atoms with E-state index in [9.17, 15) is 13.2 Å². The van der Waals surface area contributed by atoms with Crippen LogP contribution in [0.5, 0.6) is 0 Å². The number of ketones is 1. The molecular formula is C16H15N5O3S. The Morgan fingerprint density at radius 1 is 1.12 bits per heavy atom. The van der Waals surface area contributed by atoms with E-state index in [1.165, 1.54) is 35.9 Å². The van der Waals surface area contributed by atoms with Crippen molar-refractivity contribution in [1.29, 1.82) is 0 Å². The third-order valence-electron chi connectivity index (χ3n) is 3.48. The summed E-state index contributed by atoms with van der Waals surface area (Å²) >= 11 is 0. The summed E-state index contributed by atoms with van der Waals surface area (Å²) in [7, 11) is -3.70. The lowest BCUT2D eigenvalue weighted by Gasteiger charge is -2.05. The summed E-state index contributed by atoms with van der Waals surface area (Å²) in [6.45, 7) is 1.43. The van der Waals surface area contributed by atoms with Crippen LogP contribution in [0.3, 0.4) is 0 Å². The Hall–Kier alpha value is -2.91. The number of nitrogens with one attached hydrogen (secondary N) is 1. The lowest BCUT2D eigenvalue weighted by atomic mass is 10.2. The molecule has 0 spiro atoms. The first-order valence-electron chi connectivity index (χ1n) is 7.38. The maximum absolute atomic E-state index is 12.3. The summed E-state index contributed by atoms with van der Waals surface area (Å²) in [6.07, 6.45) is 4.89. The molecule has 1 N–H and O–H groups in total. The monoisotopic (exact) mass is 357 g/mol. The van der Waals surface area contributed by atoms with Gasteiger partial charge in [0.1, 0.15) is 0 Å². The molecule has 0 aliphatic rings. The number of nitrogens with zero attached hydrogens (tertiary/aromatic N) is 4. The van der Waals surface area contributed by atoms with Crippen LogP contribution in [0.25, 0.3) is 5.69 Å². The fourth-order valence-electron chi connectivity index (χ4n) is 2.12. The summed E-state index contributed by atoms with van der Waals surface area (Å²) < 4.78 is 28.6. The molecule has 25 heavy (non-hydrogen) atoms. The van der Waals surface area contributed by atoms with Crippen LogP contribution >= 0.6 is 0 Å². The Morgan fingerprint density at radius 2 is 1.80 bits per heavy atom. The van der Waals surface area contributed by atoms with Crippen LogP contribution in [0.1, 0.15) is 23.0 Å². The number of carbonyl (C=O) groups is 1. The highest BCUT2D eigenvalue weighted by molar-refractivity contribution is 7.89. The summed E-state index contributed by atoms with van der Waals surface area (Å²) in [5.41, 5.74) is 1.71. The summed E-state index contributed by atoms with van der Waals surface area (Å²) in [5, 5.41) is 7.91. The highest BCUT2D eigenvalue weighted by atomic mass is 32.2. The number of hydrogen-bond acceptors (Lipinski definition) is 6. The second-order valence-corrected chi connectivity index (χ2v) is 7.03. The van der Waals surface area contributed by atoms with Gasteiger partial charge >= 0.3 is 0 Å². The molecule has 0 unspecified atom stereocenters. The molecule has 9 heteroatoms. The van der Waals surface area contributed by atoms with Crippen LogP contribution in [0.2, 0.25) is 0 Å². The minimum absolute atomic E-state index is 0.00186. The van der Waals surface area contributed by atoms with Gasteiger partial charge in [0.05, 0.1) is 29.0 Å². The quantitative estimate of drug-likeness (QED) is 0.667. The molecule has 3 aromatic rings. The van der Waals surface area contributed by atoms with E-state index in [0.717, 1.165) is 5.69 Å². The van der Waals surface area contributed by atoms with Crippen molar-refractivity contribution in [3.05, 3.63) is 66.2 Å². The van der Waals surface area contributed by atoms with Gasteiger partial charge in [0, 0.05) is 18.0 Å². The van der Waals surface area contributed by atoms with E-state index in [4.69, 9.17) is 0 Å². The van der Waals surface area contributed by atoms with Crippen molar-refractivity contribution in [3.8, 4) is 5.69 Å². The normalized spacial score (nSPS) is 11.4. The molecule has 0 saturated heterocycles. The molecule has 2 heterocycles. The van der Waals surface area contributed by atoms with E-state index < -0.39 is 10.0 Å². The van der Waals surface area contributed by atoms with Crippen LogP contribution < -0.4 is 4.72 Å². The van der Waals surface area contributed by atoms with Crippen molar-refractivity contribution in [2.75, 3.05) is 0 Å². The molecule has 0 aliphatic heterocycles. The largest absolute Gasteiger partial charge is 0.295 e. The summed E-state index contributed by atoms with van der Waals surface area (Å²) in [5.74, 6) is -0.121. The maximum atomic E-state index is 12.3. The second-order valence-electron chi connectivity index (χ2n) is 5.26. The van der Waals surface area contributed by atoms with Gasteiger partial charge < -0.3 is 0 Å². The number of pyridine rings is 1. The average molecular weight is 357 g/mol. The SMILES string of the molecule is CC(=O)c1ccc(S(=O)(=O)NCc2cn(-c3ccncc3)nn2)cc1. The average Bonchev–Trinajstić information content (AvgIpc) is 3.10. The molecule has 0 radical (unpaired) electrons. The number of benzene rings is 1. The van der Waals surface area contributed by atoms with Crippen molar-refractivity contribution < 1.29 is 13.2 Å². The highest BCUT2D eigenvalue weighted by Gasteiger charge is 2.15. The van der Waals surface area contributed by atoms with Gasteiger partial charge in [-0.05, 0) is 31.2 Å². The van der Waals surface area contributed by atoms with Gasteiger partial charge in [-0.3, -0.25) is 9.78 Å². The number of rotatable bonds is 6. The van der Waals surface area contributed by atoms with E-state index in [2.05, 4.69) is 20.0 Å². The molecule has 0 fully saturated rings. The smallest absolute Gasteiger partial charge is 0.240 e.